The molecule has 0 saturated heterocycles. The minimum Gasteiger partial charge on any atom is -0.496 e. The van der Waals surface area contributed by atoms with Crippen LogP contribution in [0.5, 0.6) is 17.2 Å². The standard InChI is InChI=1S/C35H32FN3O4/c1-39(20-18-25-11-7-4-8-12-25)35(41)34(40)38-27-15-16-32(29(36)22-27)43-31-17-19-37-30-21-26(33(42-2)23-28(30)31)14-13-24-9-5-3-6-10-24/h3-12,15-17,19,21-23H,13-14,18,20H2,1-2H3,(H,38,40). The quantitative estimate of drug-likeness (QED) is 0.189. The number of amides is 2. The van der Waals surface area contributed by atoms with E-state index in [1.54, 1.807) is 26.4 Å². The first-order valence-corrected chi connectivity index (χ1v) is 14.0. The molecule has 7 nitrogen and oxygen atoms in total. The maximum Gasteiger partial charge on any atom is 0.313 e. The minimum atomic E-state index is -0.848. The lowest BCUT2D eigenvalue weighted by atomic mass is 10.0. The molecule has 1 heterocycles. The van der Waals surface area contributed by atoms with Crippen LogP contribution in [0.4, 0.5) is 10.1 Å². The third-order valence-corrected chi connectivity index (χ3v) is 7.16. The number of hydrogen-bond acceptors (Lipinski definition) is 5. The number of pyridine rings is 1. The van der Waals surface area contributed by atoms with E-state index in [4.69, 9.17) is 9.47 Å². The van der Waals surface area contributed by atoms with E-state index in [-0.39, 0.29) is 11.4 Å². The Morgan fingerprint density at radius 2 is 1.51 bits per heavy atom. The lowest BCUT2D eigenvalue weighted by Gasteiger charge is -2.17. The van der Waals surface area contributed by atoms with Gasteiger partial charge in [0.1, 0.15) is 11.5 Å². The van der Waals surface area contributed by atoms with Crippen LogP contribution in [0.3, 0.4) is 0 Å². The number of carbonyl (C=O) groups excluding carboxylic acids is 2. The molecule has 1 N–H and O–H groups in total. The summed E-state index contributed by atoms with van der Waals surface area (Å²) >= 11 is 0. The summed E-state index contributed by atoms with van der Waals surface area (Å²) in [6.07, 6.45) is 3.84. The number of carbonyl (C=O) groups is 2. The maximum atomic E-state index is 15.1. The summed E-state index contributed by atoms with van der Waals surface area (Å²) in [5.41, 5.74) is 4.13. The number of aromatic nitrogens is 1. The Morgan fingerprint density at radius 1 is 0.814 bits per heavy atom. The number of aryl methyl sites for hydroxylation is 2. The van der Waals surface area contributed by atoms with Crippen LogP contribution in [0.1, 0.15) is 16.7 Å². The summed E-state index contributed by atoms with van der Waals surface area (Å²) in [6, 6.07) is 29.4. The minimum absolute atomic E-state index is 0.0380. The first-order valence-electron chi connectivity index (χ1n) is 14.0. The Hall–Kier alpha value is -5.24. The summed E-state index contributed by atoms with van der Waals surface area (Å²) in [4.78, 5) is 30.9. The Kier molecular flexibility index (Phi) is 9.26. The summed E-state index contributed by atoms with van der Waals surface area (Å²) in [6.45, 7) is 0.372. The van der Waals surface area contributed by atoms with Gasteiger partial charge in [0, 0.05) is 36.9 Å². The van der Waals surface area contributed by atoms with Gasteiger partial charge in [-0.2, -0.15) is 0 Å². The first-order chi connectivity index (χ1) is 20.9. The fraction of sp³-hybridized carbons (Fsp3) is 0.171. The molecule has 5 aromatic rings. The topological polar surface area (TPSA) is 80.8 Å². The number of likely N-dealkylation sites (N-methyl/N-ethyl adjacent to an activating group) is 1. The normalized spacial score (nSPS) is 10.8. The SMILES string of the molecule is COc1cc2c(Oc3ccc(NC(=O)C(=O)N(C)CCc4ccccc4)cc3F)ccnc2cc1CCc1ccccc1. The second-order valence-corrected chi connectivity index (χ2v) is 10.1. The largest absolute Gasteiger partial charge is 0.496 e. The van der Waals surface area contributed by atoms with Crippen molar-refractivity contribution in [1.82, 2.24) is 9.88 Å². The molecule has 0 fully saturated rings. The van der Waals surface area contributed by atoms with Crippen molar-refractivity contribution in [3.05, 3.63) is 126 Å². The predicted octanol–water partition coefficient (Wildman–Crippen LogP) is 6.60. The Bertz CT molecular complexity index is 1730. The lowest BCUT2D eigenvalue weighted by molar-refractivity contribution is -0.142. The van der Waals surface area contributed by atoms with Crippen LogP contribution in [-0.4, -0.2) is 42.4 Å². The molecule has 5 rings (SSSR count). The Morgan fingerprint density at radius 3 is 2.19 bits per heavy atom. The van der Waals surface area contributed by atoms with Gasteiger partial charge in [0.15, 0.2) is 11.6 Å². The smallest absolute Gasteiger partial charge is 0.313 e. The number of rotatable bonds is 10. The molecule has 43 heavy (non-hydrogen) atoms. The predicted molar refractivity (Wildman–Crippen MR) is 165 cm³/mol. The van der Waals surface area contributed by atoms with Crippen molar-refractivity contribution in [1.29, 1.82) is 0 Å². The van der Waals surface area contributed by atoms with Gasteiger partial charge in [-0.25, -0.2) is 4.39 Å². The van der Waals surface area contributed by atoms with Crippen molar-refractivity contribution in [2.24, 2.45) is 0 Å². The molecule has 0 atom stereocenters. The molecular weight excluding hydrogens is 545 g/mol. The van der Waals surface area contributed by atoms with Gasteiger partial charge < -0.3 is 19.7 Å². The monoisotopic (exact) mass is 577 g/mol. The van der Waals surface area contributed by atoms with Crippen LogP contribution >= 0.6 is 0 Å². The van der Waals surface area contributed by atoms with Crippen LogP contribution in [-0.2, 0) is 28.9 Å². The molecule has 0 aliphatic rings. The molecule has 1 aromatic heterocycles. The Balaban J connectivity index is 1.26. The highest BCUT2D eigenvalue weighted by molar-refractivity contribution is 6.39. The maximum absolute atomic E-state index is 15.1. The number of nitrogens with one attached hydrogen (secondary N) is 1. The van der Waals surface area contributed by atoms with Crippen molar-refractivity contribution in [2.45, 2.75) is 19.3 Å². The summed E-state index contributed by atoms with van der Waals surface area (Å²) in [7, 11) is 3.17. The molecule has 0 aliphatic carbocycles. The molecule has 0 unspecified atom stereocenters. The summed E-state index contributed by atoms with van der Waals surface area (Å²) < 4.78 is 26.7. The van der Waals surface area contributed by atoms with Crippen molar-refractivity contribution < 1.29 is 23.5 Å². The van der Waals surface area contributed by atoms with Gasteiger partial charge in [0.25, 0.3) is 0 Å². The van der Waals surface area contributed by atoms with E-state index < -0.39 is 17.6 Å². The molecule has 2 amide bonds. The molecule has 4 aromatic carbocycles. The van der Waals surface area contributed by atoms with E-state index in [1.807, 2.05) is 60.7 Å². The van der Waals surface area contributed by atoms with Crippen LogP contribution in [0.15, 0.2) is 103 Å². The molecule has 0 spiro atoms. The molecule has 218 valence electrons. The first kappa shape index (κ1) is 29.3. The molecule has 0 saturated carbocycles. The van der Waals surface area contributed by atoms with E-state index in [0.29, 0.717) is 35.4 Å². The number of halogens is 1. The fourth-order valence-electron chi connectivity index (χ4n) is 4.77. The van der Waals surface area contributed by atoms with E-state index >= 15 is 4.39 Å². The third kappa shape index (κ3) is 7.35. The summed E-state index contributed by atoms with van der Waals surface area (Å²) in [5, 5.41) is 3.15. The zero-order valence-corrected chi connectivity index (χ0v) is 24.0. The number of hydrogen-bond donors (Lipinski definition) is 1. The average Bonchev–Trinajstić information content (AvgIpc) is 3.04. The van der Waals surface area contributed by atoms with Crippen LogP contribution < -0.4 is 14.8 Å². The number of fused-ring (bicyclic) bond motifs is 1. The van der Waals surface area contributed by atoms with Gasteiger partial charge in [0.2, 0.25) is 0 Å². The van der Waals surface area contributed by atoms with Crippen molar-refractivity contribution in [3.8, 4) is 17.2 Å². The van der Waals surface area contributed by atoms with Gasteiger partial charge in [-0.1, -0.05) is 60.7 Å². The molecule has 8 heteroatoms. The molecule has 0 radical (unpaired) electrons. The number of ether oxygens (including phenoxy) is 2. The van der Waals surface area contributed by atoms with Gasteiger partial charge in [-0.15, -0.1) is 0 Å². The molecule has 0 bridgehead atoms. The van der Waals surface area contributed by atoms with Gasteiger partial charge in [-0.05, 0) is 66.3 Å². The van der Waals surface area contributed by atoms with Crippen LogP contribution in [0.25, 0.3) is 10.9 Å². The lowest BCUT2D eigenvalue weighted by Crippen LogP contribution is -2.38. The number of nitrogens with zero attached hydrogens (tertiary/aromatic N) is 2. The number of anilines is 1. The van der Waals surface area contributed by atoms with Crippen LogP contribution in [0, 0.1) is 5.82 Å². The zero-order chi connectivity index (χ0) is 30.2. The van der Waals surface area contributed by atoms with Gasteiger partial charge in [-0.3, -0.25) is 14.6 Å². The number of methoxy groups -OCH3 is 1. The number of benzene rings is 4. The van der Waals surface area contributed by atoms with Gasteiger partial charge in [0.05, 0.1) is 12.6 Å². The van der Waals surface area contributed by atoms with E-state index in [2.05, 4.69) is 22.4 Å². The Labute approximate surface area is 249 Å². The van der Waals surface area contributed by atoms with Gasteiger partial charge >= 0.3 is 11.8 Å². The molecule has 0 aliphatic heterocycles. The van der Waals surface area contributed by atoms with Crippen molar-refractivity contribution >= 4 is 28.4 Å². The fourth-order valence-corrected chi connectivity index (χ4v) is 4.77. The average molecular weight is 578 g/mol. The van der Waals surface area contributed by atoms with Crippen molar-refractivity contribution in [3.63, 3.8) is 0 Å². The molecular formula is C35H32FN3O4. The van der Waals surface area contributed by atoms with Crippen LogP contribution in [0.2, 0.25) is 0 Å². The van der Waals surface area contributed by atoms with E-state index in [1.165, 1.54) is 22.6 Å². The van der Waals surface area contributed by atoms with Crippen molar-refractivity contribution in [2.75, 3.05) is 26.0 Å². The second kappa shape index (κ2) is 13.6. The summed E-state index contributed by atoms with van der Waals surface area (Å²) in [5.74, 6) is -1.19. The highest BCUT2D eigenvalue weighted by Crippen LogP contribution is 2.35. The third-order valence-electron chi connectivity index (χ3n) is 7.16. The van der Waals surface area contributed by atoms with E-state index in [9.17, 15) is 9.59 Å². The van der Waals surface area contributed by atoms with E-state index in [0.717, 1.165) is 30.0 Å². The zero-order valence-electron chi connectivity index (χ0n) is 24.0. The highest BCUT2D eigenvalue weighted by Gasteiger charge is 2.20. The highest BCUT2D eigenvalue weighted by atomic mass is 19.1. The second-order valence-electron chi connectivity index (χ2n) is 10.1.